The average molecular weight is 420 g/mol. The van der Waals surface area contributed by atoms with Gasteiger partial charge in [-0.15, -0.1) is 0 Å². The summed E-state index contributed by atoms with van der Waals surface area (Å²) in [5.41, 5.74) is 4.69. The lowest BCUT2D eigenvalue weighted by Crippen LogP contribution is -2.28. The van der Waals surface area contributed by atoms with E-state index in [2.05, 4.69) is 26.3 Å². The molecule has 4 aromatic rings. The molecule has 1 atom stereocenters. The minimum absolute atomic E-state index is 0.399. The Bertz CT molecular complexity index is 1150. The van der Waals surface area contributed by atoms with Crippen molar-refractivity contribution in [3.05, 3.63) is 71.3 Å². The van der Waals surface area contributed by atoms with E-state index in [0.29, 0.717) is 29.1 Å². The van der Waals surface area contributed by atoms with Crippen molar-refractivity contribution >= 4 is 22.6 Å². The molecule has 5 rings (SSSR count). The number of nitrogens with zero attached hydrogens (tertiary/aromatic N) is 3. The molecule has 1 fully saturated rings. The van der Waals surface area contributed by atoms with Crippen LogP contribution in [0.4, 0.5) is 0 Å². The predicted molar refractivity (Wildman–Crippen MR) is 118 cm³/mol. The second kappa shape index (κ2) is 8.42. The van der Waals surface area contributed by atoms with E-state index in [9.17, 15) is 0 Å². The number of aromatic nitrogens is 4. The van der Waals surface area contributed by atoms with Crippen LogP contribution in [0, 0.1) is 0 Å². The largest absolute Gasteiger partial charge is 0.473 e. The quantitative estimate of drug-likeness (QED) is 0.489. The van der Waals surface area contributed by atoms with Gasteiger partial charge in [0.2, 0.25) is 5.88 Å². The lowest BCUT2D eigenvalue weighted by Gasteiger charge is -2.21. The van der Waals surface area contributed by atoms with Gasteiger partial charge in [-0.05, 0) is 43.7 Å². The van der Waals surface area contributed by atoms with E-state index < -0.39 is 0 Å². The number of ether oxygens (including phenoxy) is 1. The smallest absolute Gasteiger partial charge is 0.214 e. The molecule has 6 nitrogen and oxygen atoms in total. The summed E-state index contributed by atoms with van der Waals surface area (Å²) >= 11 is 6.54. The lowest BCUT2D eigenvalue weighted by molar-refractivity contribution is 0.294. The number of pyridine rings is 3. The second-order valence-electron chi connectivity index (χ2n) is 7.52. The Balaban J connectivity index is 1.47. The molecule has 1 aliphatic heterocycles. The lowest BCUT2D eigenvalue weighted by atomic mass is 9.96. The third-order valence-electron chi connectivity index (χ3n) is 5.47. The van der Waals surface area contributed by atoms with Gasteiger partial charge in [0.1, 0.15) is 12.3 Å². The topological polar surface area (TPSA) is 75.7 Å². The fourth-order valence-corrected chi connectivity index (χ4v) is 4.13. The molecule has 0 spiro atoms. The number of piperidine rings is 1. The minimum atomic E-state index is 0.399. The average Bonchev–Trinajstić information content (AvgIpc) is 3.24. The van der Waals surface area contributed by atoms with Gasteiger partial charge in [0.25, 0.3) is 0 Å². The standard InChI is InChI=1S/C23H22ClN5O/c24-19-5-6-21(30-14-15-3-1-8-25-12-15)29-22(19)17-7-10-27-23-18(17)11-20(28-23)16-4-2-9-26-13-16/h1,3,5-8,10-12,16,26H,2,4,9,13-14H2,(H,27,28). The molecule has 0 bridgehead atoms. The Morgan fingerprint density at radius 2 is 2.13 bits per heavy atom. The third-order valence-corrected chi connectivity index (χ3v) is 5.78. The molecule has 0 aromatic carbocycles. The molecule has 5 heterocycles. The minimum Gasteiger partial charge on any atom is -0.473 e. The Morgan fingerprint density at radius 1 is 1.17 bits per heavy atom. The summed E-state index contributed by atoms with van der Waals surface area (Å²) in [5.74, 6) is 0.994. The summed E-state index contributed by atoms with van der Waals surface area (Å²) in [6.45, 7) is 2.47. The molecule has 1 aliphatic rings. The number of rotatable bonds is 5. The van der Waals surface area contributed by atoms with E-state index in [1.807, 2.05) is 24.3 Å². The van der Waals surface area contributed by atoms with Crippen molar-refractivity contribution in [1.82, 2.24) is 25.3 Å². The maximum Gasteiger partial charge on any atom is 0.214 e. The second-order valence-corrected chi connectivity index (χ2v) is 7.93. The van der Waals surface area contributed by atoms with Crippen molar-refractivity contribution < 1.29 is 4.74 Å². The van der Waals surface area contributed by atoms with Crippen LogP contribution in [0.3, 0.4) is 0 Å². The van der Waals surface area contributed by atoms with Crippen molar-refractivity contribution in [3.63, 3.8) is 0 Å². The molecule has 0 amide bonds. The highest BCUT2D eigenvalue weighted by molar-refractivity contribution is 6.33. The van der Waals surface area contributed by atoms with Crippen LogP contribution < -0.4 is 10.1 Å². The SMILES string of the molecule is Clc1ccc(OCc2cccnc2)nc1-c1ccnc2[nH]c(C3CCCNC3)cc12. The molecule has 1 unspecified atom stereocenters. The van der Waals surface area contributed by atoms with E-state index >= 15 is 0 Å². The fraction of sp³-hybridized carbons (Fsp3) is 0.261. The van der Waals surface area contributed by atoms with Crippen molar-refractivity contribution in [1.29, 1.82) is 0 Å². The normalized spacial score (nSPS) is 16.6. The first kappa shape index (κ1) is 19.0. The van der Waals surface area contributed by atoms with Crippen LogP contribution in [-0.2, 0) is 6.61 Å². The van der Waals surface area contributed by atoms with Crippen molar-refractivity contribution in [3.8, 4) is 17.1 Å². The molecule has 1 saturated heterocycles. The van der Waals surface area contributed by atoms with Gasteiger partial charge in [0, 0.05) is 59.3 Å². The number of nitrogens with one attached hydrogen (secondary N) is 2. The molecule has 30 heavy (non-hydrogen) atoms. The van der Waals surface area contributed by atoms with Gasteiger partial charge in [0.15, 0.2) is 0 Å². The summed E-state index contributed by atoms with van der Waals surface area (Å²) in [6.07, 6.45) is 7.67. The van der Waals surface area contributed by atoms with Crippen LogP contribution in [0.5, 0.6) is 5.88 Å². The van der Waals surface area contributed by atoms with E-state index in [1.54, 1.807) is 24.7 Å². The van der Waals surface area contributed by atoms with Gasteiger partial charge in [-0.1, -0.05) is 17.7 Å². The monoisotopic (exact) mass is 419 g/mol. The van der Waals surface area contributed by atoms with Crippen LogP contribution in [-0.4, -0.2) is 33.0 Å². The summed E-state index contributed by atoms with van der Waals surface area (Å²) in [7, 11) is 0. The summed E-state index contributed by atoms with van der Waals surface area (Å²) < 4.78 is 5.88. The molecule has 4 aromatic heterocycles. The number of hydrogen-bond acceptors (Lipinski definition) is 5. The first-order valence-corrected chi connectivity index (χ1v) is 10.5. The van der Waals surface area contributed by atoms with Gasteiger partial charge >= 0.3 is 0 Å². The van der Waals surface area contributed by atoms with Gasteiger partial charge in [0.05, 0.1) is 10.7 Å². The highest BCUT2D eigenvalue weighted by atomic mass is 35.5. The fourth-order valence-electron chi connectivity index (χ4n) is 3.93. The van der Waals surface area contributed by atoms with Gasteiger partial charge in [-0.3, -0.25) is 4.98 Å². The Labute approximate surface area is 179 Å². The third kappa shape index (κ3) is 3.88. The van der Waals surface area contributed by atoms with Gasteiger partial charge in [-0.2, -0.15) is 0 Å². The van der Waals surface area contributed by atoms with E-state index in [4.69, 9.17) is 21.3 Å². The predicted octanol–water partition coefficient (Wildman–Crippen LogP) is 4.72. The molecular weight excluding hydrogens is 398 g/mol. The van der Waals surface area contributed by atoms with Crippen molar-refractivity contribution in [2.24, 2.45) is 0 Å². The maximum atomic E-state index is 6.54. The molecule has 0 radical (unpaired) electrons. The van der Waals surface area contributed by atoms with Crippen LogP contribution in [0.15, 0.2) is 55.0 Å². The number of H-pyrrole nitrogens is 1. The van der Waals surface area contributed by atoms with Crippen molar-refractivity contribution in [2.45, 2.75) is 25.4 Å². The first-order valence-electron chi connectivity index (χ1n) is 10.1. The zero-order valence-electron chi connectivity index (χ0n) is 16.4. The zero-order chi connectivity index (χ0) is 20.3. The maximum absolute atomic E-state index is 6.54. The Morgan fingerprint density at radius 3 is 2.97 bits per heavy atom. The van der Waals surface area contributed by atoms with Gasteiger partial charge < -0.3 is 15.0 Å². The van der Waals surface area contributed by atoms with Crippen molar-refractivity contribution in [2.75, 3.05) is 13.1 Å². The van der Waals surface area contributed by atoms with Crippen LogP contribution in [0.1, 0.15) is 30.0 Å². The van der Waals surface area contributed by atoms with E-state index in [-0.39, 0.29) is 0 Å². The van der Waals surface area contributed by atoms with Crippen LogP contribution in [0.25, 0.3) is 22.3 Å². The highest BCUT2D eigenvalue weighted by Crippen LogP contribution is 2.35. The van der Waals surface area contributed by atoms with Gasteiger partial charge in [-0.25, -0.2) is 9.97 Å². The molecule has 2 N–H and O–H groups in total. The van der Waals surface area contributed by atoms with Crippen LogP contribution >= 0.6 is 11.6 Å². The molecular formula is C23H22ClN5O. The number of halogens is 1. The first-order chi connectivity index (χ1) is 14.8. The summed E-state index contributed by atoms with van der Waals surface area (Å²) in [6, 6.07) is 11.6. The molecule has 0 aliphatic carbocycles. The number of fused-ring (bicyclic) bond motifs is 1. The van der Waals surface area contributed by atoms with E-state index in [0.717, 1.165) is 35.2 Å². The Hall–Kier alpha value is -2.96. The number of aromatic amines is 1. The highest BCUT2D eigenvalue weighted by Gasteiger charge is 2.19. The molecule has 0 saturated carbocycles. The summed E-state index contributed by atoms with van der Waals surface area (Å²) in [5, 5.41) is 5.08. The number of hydrogen-bond donors (Lipinski definition) is 2. The zero-order valence-corrected chi connectivity index (χ0v) is 17.2. The van der Waals surface area contributed by atoms with E-state index in [1.165, 1.54) is 18.5 Å². The Kier molecular flexibility index (Phi) is 5.34. The summed E-state index contributed by atoms with van der Waals surface area (Å²) in [4.78, 5) is 16.8. The molecule has 152 valence electrons. The van der Waals surface area contributed by atoms with Crippen LogP contribution in [0.2, 0.25) is 5.02 Å². The molecule has 7 heteroatoms.